The molecule has 3 nitrogen and oxygen atoms in total. The fourth-order valence-electron chi connectivity index (χ4n) is 0.864. The predicted octanol–water partition coefficient (Wildman–Crippen LogP) is 2.68. The van der Waals surface area contributed by atoms with E-state index in [1.807, 2.05) is 20.8 Å². The van der Waals surface area contributed by atoms with Crippen LogP contribution in [0.4, 0.5) is 5.82 Å². The fraction of sp³-hybridized carbons (Fsp3) is 0.273. The normalized spacial score (nSPS) is 8.50. The third kappa shape index (κ3) is 2.69. The summed E-state index contributed by atoms with van der Waals surface area (Å²) in [6.07, 6.45) is 3.25. The lowest BCUT2D eigenvalue weighted by molar-refractivity contribution is 1.10. The van der Waals surface area contributed by atoms with Crippen molar-refractivity contribution >= 4 is 18.0 Å². The van der Waals surface area contributed by atoms with Gasteiger partial charge in [-0.25, -0.2) is 9.97 Å². The lowest BCUT2D eigenvalue weighted by Gasteiger charge is -2.03. The van der Waals surface area contributed by atoms with E-state index in [1.165, 1.54) is 0 Å². The summed E-state index contributed by atoms with van der Waals surface area (Å²) in [5.74, 6) is 0.440. The van der Waals surface area contributed by atoms with Gasteiger partial charge >= 0.3 is 0 Å². The van der Waals surface area contributed by atoms with Crippen LogP contribution in [-0.2, 0) is 0 Å². The van der Waals surface area contributed by atoms with Gasteiger partial charge in [-0.1, -0.05) is 27.0 Å². The van der Waals surface area contributed by atoms with E-state index in [0.29, 0.717) is 11.5 Å². The zero-order valence-corrected chi connectivity index (χ0v) is 9.04. The molecule has 3 heteroatoms. The summed E-state index contributed by atoms with van der Waals surface area (Å²) in [5.41, 5.74) is 7.68. The van der Waals surface area contributed by atoms with E-state index in [0.717, 1.165) is 11.4 Å². The van der Waals surface area contributed by atoms with Gasteiger partial charge in [-0.3, -0.25) is 0 Å². The molecule has 1 aromatic heterocycles. The van der Waals surface area contributed by atoms with E-state index in [9.17, 15) is 0 Å². The van der Waals surface area contributed by atoms with Crippen molar-refractivity contribution in [2.45, 2.75) is 20.8 Å². The minimum atomic E-state index is 0.440. The molecule has 0 aliphatic rings. The number of rotatable bonds is 2. The van der Waals surface area contributed by atoms with Crippen LogP contribution in [0.15, 0.2) is 13.2 Å². The number of nitrogens with zero attached hydrogens (tertiary/aromatic N) is 2. The number of hydrogen-bond acceptors (Lipinski definition) is 3. The SMILES string of the molecule is C=Cc1nc(C)c(N)nc1C=C.CC. The second kappa shape index (κ2) is 5.91. The van der Waals surface area contributed by atoms with Crippen LogP contribution in [0, 0.1) is 6.92 Å². The minimum absolute atomic E-state index is 0.440. The summed E-state index contributed by atoms with van der Waals surface area (Å²) in [5, 5.41) is 0. The van der Waals surface area contributed by atoms with Gasteiger partial charge in [-0.05, 0) is 19.1 Å². The molecule has 0 aliphatic carbocycles. The number of anilines is 1. The van der Waals surface area contributed by atoms with Gasteiger partial charge in [0.2, 0.25) is 0 Å². The van der Waals surface area contributed by atoms with Gasteiger partial charge in [0.15, 0.2) is 0 Å². The van der Waals surface area contributed by atoms with Crippen molar-refractivity contribution in [2.24, 2.45) is 0 Å². The van der Waals surface area contributed by atoms with Crippen LogP contribution >= 0.6 is 0 Å². The third-order valence-corrected chi connectivity index (χ3v) is 1.55. The first-order valence-corrected chi connectivity index (χ1v) is 4.58. The Balaban J connectivity index is 0.000000791. The standard InChI is InChI=1S/C9H11N3.C2H6/c1-4-7-8(5-2)12-9(10)6(3)11-7;1-2/h4-5H,1-2H2,3H3,(H2,10,12);1-2H3. The van der Waals surface area contributed by atoms with E-state index in [4.69, 9.17) is 5.73 Å². The molecule has 76 valence electrons. The average molecular weight is 191 g/mol. The van der Waals surface area contributed by atoms with Crippen molar-refractivity contribution in [3.8, 4) is 0 Å². The number of aromatic nitrogens is 2. The summed E-state index contributed by atoms with van der Waals surface area (Å²) in [6.45, 7) is 13.0. The van der Waals surface area contributed by atoms with Gasteiger partial charge in [0.25, 0.3) is 0 Å². The highest BCUT2D eigenvalue weighted by Crippen LogP contribution is 2.11. The van der Waals surface area contributed by atoms with E-state index >= 15 is 0 Å². The summed E-state index contributed by atoms with van der Waals surface area (Å²) < 4.78 is 0. The van der Waals surface area contributed by atoms with Crippen LogP contribution in [-0.4, -0.2) is 9.97 Å². The van der Waals surface area contributed by atoms with Crippen molar-refractivity contribution in [2.75, 3.05) is 5.73 Å². The Kier molecular flexibility index (Phi) is 5.22. The number of nitrogens with two attached hydrogens (primary N) is 1. The molecule has 0 fully saturated rings. The van der Waals surface area contributed by atoms with Gasteiger partial charge in [-0.2, -0.15) is 0 Å². The first kappa shape index (κ1) is 12.4. The summed E-state index contributed by atoms with van der Waals surface area (Å²) in [4.78, 5) is 8.27. The van der Waals surface area contributed by atoms with E-state index < -0.39 is 0 Å². The van der Waals surface area contributed by atoms with E-state index in [-0.39, 0.29) is 0 Å². The Morgan fingerprint density at radius 3 is 1.93 bits per heavy atom. The topological polar surface area (TPSA) is 51.8 Å². The first-order chi connectivity index (χ1) is 6.69. The smallest absolute Gasteiger partial charge is 0.145 e. The lowest BCUT2D eigenvalue weighted by Crippen LogP contribution is -2.01. The second-order valence-corrected chi connectivity index (χ2v) is 2.37. The molecule has 0 radical (unpaired) electrons. The van der Waals surface area contributed by atoms with Gasteiger partial charge < -0.3 is 5.73 Å². The molecule has 0 saturated carbocycles. The molecular weight excluding hydrogens is 174 g/mol. The molecule has 0 amide bonds. The van der Waals surface area contributed by atoms with E-state index in [2.05, 4.69) is 23.1 Å². The highest BCUT2D eigenvalue weighted by Gasteiger charge is 2.02. The van der Waals surface area contributed by atoms with Crippen molar-refractivity contribution in [3.05, 3.63) is 30.2 Å². The first-order valence-electron chi connectivity index (χ1n) is 4.58. The minimum Gasteiger partial charge on any atom is -0.382 e. The lowest BCUT2D eigenvalue weighted by atomic mass is 10.2. The van der Waals surface area contributed by atoms with Crippen LogP contribution in [0.3, 0.4) is 0 Å². The summed E-state index contributed by atoms with van der Waals surface area (Å²) in [6, 6.07) is 0. The molecule has 1 heterocycles. The molecule has 0 bridgehead atoms. The molecule has 14 heavy (non-hydrogen) atoms. The number of nitrogen functional groups attached to an aromatic ring is 1. The van der Waals surface area contributed by atoms with Crippen LogP contribution in [0.5, 0.6) is 0 Å². The molecule has 0 aliphatic heterocycles. The van der Waals surface area contributed by atoms with Crippen LogP contribution < -0.4 is 5.73 Å². The van der Waals surface area contributed by atoms with Crippen LogP contribution in [0.25, 0.3) is 12.2 Å². The Morgan fingerprint density at radius 2 is 1.50 bits per heavy atom. The molecular formula is C11H17N3. The molecule has 0 aromatic carbocycles. The van der Waals surface area contributed by atoms with Gasteiger partial charge in [0.05, 0.1) is 17.1 Å². The quantitative estimate of drug-likeness (QED) is 0.781. The predicted molar refractivity (Wildman–Crippen MR) is 62.7 cm³/mol. The molecule has 0 spiro atoms. The van der Waals surface area contributed by atoms with Crippen molar-refractivity contribution < 1.29 is 0 Å². The molecule has 2 N–H and O–H groups in total. The maximum atomic E-state index is 5.56. The highest BCUT2D eigenvalue weighted by atomic mass is 14.9. The van der Waals surface area contributed by atoms with Crippen molar-refractivity contribution in [1.29, 1.82) is 0 Å². The van der Waals surface area contributed by atoms with Crippen LogP contribution in [0.2, 0.25) is 0 Å². The molecule has 0 saturated heterocycles. The average Bonchev–Trinajstić information content (AvgIpc) is 2.24. The number of hydrogen-bond donors (Lipinski definition) is 1. The van der Waals surface area contributed by atoms with Crippen LogP contribution in [0.1, 0.15) is 30.9 Å². The zero-order valence-electron chi connectivity index (χ0n) is 9.04. The van der Waals surface area contributed by atoms with Gasteiger partial charge in [0, 0.05) is 0 Å². The van der Waals surface area contributed by atoms with Gasteiger partial charge in [-0.15, -0.1) is 0 Å². The monoisotopic (exact) mass is 191 g/mol. The van der Waals surface area contributed by atoms with E-state index in [1.54, 1.807) is 12.2 Å². The molecule has 0 unspecified atom stereocenters. The zero-order chi connectivity index (χ0) is 11.1. The maximum Gasteiger partial charge on any atom is 0.145 e. The number of aryl methyl sites for hydroxylation is 1. The summed E-state index contributed by atoms with van der Waals surface area (Å²) in [7, 11) is 0. The Hall–Kier alpha value is -1.64. The third-order valence-electron chi connectivity index (χ3n) is 1.55. The molecule has 1 rings (SSSR count). The highest BCUT2D eigenvalue weighted by molar-refractivity contribution is 5.59. The Bertz CT molecular complexity index is 297. The van der Waals surface area contributed by atoms with Gasteiger partial charge in [0.1, 0.15) is 5.82 Å². The Morgan fingerprint density at radius 1 is 1.07 bits per heavy atom. The Labute approximate surface area is 85.4 Å². The molecule has 0 atom stereocenters. The maximum absolute atomic E-state index is 5.56. The second-order valence-electron chi connectivity index (χ2n) is 2.37. The van der Waals surface area contributed by atoms with Crippen molar-refractivity contribution in [3.63, 3.8) is 0 Å². The largest absolute Gasteiger partial charge is 0.382 e. The van der Waals surface area contributed by atoms with Crippen molar-refractivity contribution in [1.82, 2.24) is 9.97 Å². The fourth-order valence-corrected chi connectivity index (χ4v) is 0.864. The summed E-state index contributed by atoms with van der Waals surface area (Å²) >= 11 is 0. The molecule has 1 aromatic rings.